The molecule has 172 valence electrons. The quantitative estimate of drug-likeness (QED) is 0.446. The van der Waals surface area contributed by atoms with E-state index in [-0.39, 0.29) is 0 Å². The van der Waals surface area contributed by atoms with Gasteiger partial charge in [0.05, 0.1) is 18.7 Å². The van der Waals surface area contributed by atoms with E-state index in [2.05, 4.69) is 0 Å². The minimum atomic E-state index is -1.49. The molecule has 4 rings (SSSR count). The Morgan fingerprint density at radius 2 is 1.84 bits per heavy atom. The van der Waals surface area contributed by atoms with Crippen LogP contribution in [0.5, 0.6) is 5.75 Å². The van der Waals surface area contributed by atoms with Crippen LogP contribution in [-0.4, -0.2) is 62.6 Å². The molecule has 1 aliphatic heterocycles. The third-order valence-corrected chi connectivity index (χ3v) is 6.62. The fourth-order valence-electron chi connectivity index (χ4n) is 3.87. The molecule has 0 saturated carbocycles. The molecule has 2 aromatic carbocycles. The molecule has 0 unspecified atom stereocenters. The third kappa shape index (κ3) is 4.24. The Hall–Kier alpha value is -2.14. The number of aromatic nitrogens is 1. The van der Waals surface area contributed by atoms with Crippen LogP contribution in [-0.2, 0) is 4.74 Å². The van der Waals surface area contributed by atoms with Gasteiger partial charge in [0.15, 0.2) is 6.23 Å². The van der Waals surface area contributed by atoms with Crippen molar-refractivity contribution in [1.29, 1.82) is 0 Å². The molecule has 0 amide bonds. The lowest BCUT2D eigenvalue weighted by Gasteiger charge is -2.40. The van der Waals surface area contributed by atoms with E-state index >= 15 is 0 Å². The number of rotatable bonds is 6. The second-order valence-corrected chi connectivity index (χ2v) is 8.85. The molecule has 0 bridgehead atoms. The van der Waals surface area contributed by atoms with Crippen molar-refractivity contribution in [1.82, 2.24) is 4.57 Å². The topological polar surface area (TPSA) is 104 Å². The molecule has 5 atom stereocenters. The van der Waals surface area contributed by atoms with Gasteiger partial charge in [0, 0.05) is 27.4 Å². The maximum absolute atomic E-state index is 14.7. The van der Waals surface area contributed by atoms with E-state index in [0.717, 1.165) is 15.8 Å². The van der Waals surface area contributed by atoms with E-state index in [4.69, 9.17) is 9.47 Å². The summed E-state index contributed by atoms with van der Waals surface area (Å²) in [6.45, 7) is 3.68. The lowest BCUT2D eigenvalue weighted by molar-refractivity contribution is -0.250. The van der Waals surface area contributed by atoms with Crippen molar-refractivity contribution in [2.24, 2.45) is 0 Å². The Balaban J connectivity index is 1.75. The van der Waals surface area contributed by atoms with Gasteiger partial charge in [-0.15, -0.1) is 0 Å². The smallest absolute Gasteiger partial charge is 0.163 e. The predicted octanol–water partition coefficient (Wildman–Crippen LogP) is 2.61. The summed E-state index contributed by atoms with van der Waals surface area (Å²) in [5, 5.41) is 41.3. The van der Waals surface area contributed by atoms with Crippen LogP contribution in [0.4, 0.5) is 4.39 Å². The summed E-state index contributed by atoms with van der Waals surface area (Å²) < 4.78 is 27.4. The number of hydrogen-bond donors (Lipinski definition) is 4. The zero-order chi connectivity index (χ0) is 23.0. The third-order valence-electron chi connectivity index (χ3n) is 5.53. The van der Waals surface area contributed by atoms with Gasteiger partial charge in [0.1, 0.15) is 36.0 Å². The van der Waals surface area contributed by atoms with Gasteiger partial charge in [-0.05, 0) is 37.6 Å². The summed E-state index contributed by atoms with van der Waals surface area (Å²) in [5.74, 6) is 0.0375. The van der Waals surface area contributed by atoms with Crippen LogP contribution in [0.15, 0.2) is 52.4 Å². The normalized spacial score (nSPS) is 25.9. The maximum atomic E-state index is 14.7. The van der Waals surface area contributed by atoms with Gasteiger partial charge in [-0.2, -0.15) is 0 Å². The molecule has 1 fully saturated rings. The predicted molar refractivity (Wildman–Crippen MR) is 117 cm³/mol. The summed E-state index contributed by atoms with van der Waals surface area (Å²) >= 11 is 1.22. The van der Waals surface area contributed by atoms with E-state index < -0.39 is 43.1 Å². The lowest BCUT2D eigenvalue weighted by atomic mass is 9.98. The van der Waals surface area contributed by atoms with Gasteiger partial charge < -0.3 is 34.5 Å². The molecule has 9 heteroatoms. The maximum Gasteiger partial charge on any atom is 0.163 e. The van der Waals surface area contributed by atoms with Crippen molar-refractivity contribution in [3.63, 3.8) is 0 Å². The summed E-state index contributed by atoms with van der Waals surface area (Å²) in [4.78, 5) is 1.13. The lowest BCUT2D eigenvalue weighted by Crippen LogP contribution is -2.56. The van der Waals surface area contributed by atoms with Gasteiger partial charge in [0.25, 0.3) is 0 Å². The molecule has 2 heterocycles. The van der Waals surface area contributed by atoms with Crippen molar-refractivity contribution in [3.8, 4) is 5.75 Å². The standard InChI is InChI=1S/C23H26FNO6S/c1-3-30-13-5-7-18(15(24)9-13)32-19-10-25(16-8-12(2)4-6-14(16)19)23-22(29)21(28)20(27)17(11-26)31-23/h4-10,17,20-23,26-29H,3,11H2,1-2H3/t17-,20-,21+,22-,23-/m1/s1. The molecule has 1 aliphatic rings. The van der Waals surface area contributed by atoms with E-state index in [0.29, 0.717) is 22.8 Å². The molecule has 4 N–H and O–H groups in total. The number of aryl methyl sites for hydroxylation is 1. The summed E-state index contributed by atoms with van der Waals surface area (Å²) in [6.07, 6.45) is -4.72. The molecule has 0 aliphatic carbocycles. The first kappa shape index (κ1) is 23.0. The second-order valence-electron chi connectivity index (χ2n) is 7.77. The van der Waals surface area contributed by atoms with Gasteiger partial charge in [0.2, 0.25) is 0 Å². The fourth-order valence-corrected chi connectivity index (χ4v) is 4.85. The summed E-state index contributed by atoms with van der Waals surface area (Å²) in [7, 11) is 0. The highest BCUT2D eigenvalue weighted by atomic mass is 32.2. The molecule has 1 aromatic heterocycles. The summed E-state index contributed by atoms with van der Waals surface area (Å²) in [6, 6.07) is 10.4. The highest BCUT2D eigenvalue weighted by Crippen LogP contribution is 2.40. The molecular formula is C23H26FNO6S. The van der Waals surface area contributed by atoms with Crippen LogP contribution in [0.2, 0.25) is 0 Å². The first-order chi connectivity index (χ1) is 15.3. The van der Waals surface area contributed by atoms with E-state index in [1.165, 1.54) is 17.8 Å². The largest absolute Gasteiger partial charge is 0.494 e. The molecule has 7 nitrogen and oxygen atoms in total. The van der Waals surface area contributed by atoms with Crippen LogP contribution >= 0.6 is 11.8 Å². The minimum Gasteiger partial charge on any atom is -0.494 e. The molecule has 0 spiro atoms. The van der Waals surface area contributed by atoms with Crippen molar-refractivity contribution < 1.29 is 34.3 Å². The van der Waals surface area contributed by atoms with Crippen molar-refractivity contribution in [3.05, 3.63) is 54.0 Å². The van der Waals surface area contributed by atoms with E-state index in [1.54, 1.807) is 22.9 Å². The average molecular weight is 464 g/mol. The number of fused-ring (bicyclic) bond motifs is 1. The Kier molecular flexibility index (Phi) is 6.75. The molecule has 32 heavy (non-hydrogen) atoms. The SMILES string of the molecule is CCOc1ccc(Sc2cn([C@@H]3O[C@H](CO)[C@@H](O)[C@H](O)[C@H]3O)c3cc(C)ccc23)c(F)c1. The van der Waals surface area contributed by atoms with E-state index in [9.17, 15) is 24.8 Å². The van der Waals surface area contributed by atoms with Crippen LogP contribution in [0.3, 0.4) is 0 Å². The Labute approximate surface area is 189 Å². The Morgan fingerprint density at radius 3 is 2.53 bits per heavy atom. The number of halogens is 1. The highest BCUT2D eigenvalue weighted by Gasteiger charge is 2.44. The van der Waals surface area contributed by atoms with Crippen LogP contribution in [0, 0.1) is 12.7 Å². The number of nitrogens with zero attached hydrogens (tertiary/aromatic N) is 1. The van der Waals surface area contributed by atoms with Crippen molar-refractivity contribution in [2.45, 2.75) is 54.3 Å². The highest BCUT2D eigenvalue weighted by molar-refractivity contribution is 7.99. The molecule has 0 radical (unpaired) electrons. The molecule has 1 saturated heterocycles. The number of aliphatic hydroxyl groups excluding tert-OH is 4. The van der Waals surface area contributed by atoms with Crippen molar-refractivity contribution >= 4 is 22.7 Å². The molecular weight excluding hydrogens is 437 g/mol. The van der Waals surface area contributed by atoms with Crippen LogP contribution in [0.25, 0.3) is 10.9 Å². The Morgan fingerprint density at radius 1 is 1.06 bits per heavy atom. The molecule has 3 aromatic rings. The Bertz CT molecular complexity index is 1100. The van der Waals surface area contributed by atoms with Gasteiger partial charge >= 0.3 is 0 Å². The van der Waals surface area contributed by atoms with Gasteiger partial charge in [-0.3, -0.25) is 0 Å². The first-order valence-electron chi connectivity index (χ1n) is 10.4. The van der Waals surface area contributed by atoms with Crippen molar-refractivity contribution in [2.75, 3.05) is 13.2 Å². The van der Waals surface area contributed by atoms with Gasteiger partial charge in [-0.25, -0.2) is 4.39 Å². The number of ether oxygens (including phenoxy) is 2. The van der Waals surface area contributed by atoms with Crippen LogP contribution < -0.4 is 4.74 Å². The zero-order valence-corrected chi connectivity index (χ0v) is 18.5. The fraction of sp³-hybridized carbons (Fsp3) is 0.391. The summed E-state index contributed by atoms with van der Waals surface area (Å²) in [5.41, 5.74) is 1.67. The van der Waals surface area contributed by atoms with E-state index in [1.807, 2.05) is 32.0 Å². The number of aliphatic hydroxyl groups is 4. The van der Waals surface area contributed by atoms with Gasteiger partial charge in [-0.1, -0.05) is 23.9 Å². The van der Waals surface area contributed by atoms with Crippen LogP contribution in [0.1, 0.15) is 18.7 Å². The number of hydrogen-bond acceptors (Lipinski definition) is 7. The second kappa shape index (κ2) is 9.38. The average Bonchev–Trinajstić information content (AvgIpc) is 3.11. The zero-order valence-electron chi connectivity index (χ0n) is 17.7. The first-order valence-corrected chi connectivity index (χ1v) is 11.2. The monoisotopic (exact) mass is 463 g/mol. The minimum absolute atomic E-state index is 0.405. The number of benzene rings is 2.